The van der Waals surface area contributed by atoms with E-state index >= 15 is 0 Å². The summed E-state index contributed by atoms with van der Waals surface area (Å²) in [6.45, 7) is 10.9. The maximum Gasteiger partial charge on any atom is 0.252 e. The molecule has 2 fully saturated rings. The average Bonchev–Trinajstić information content (AvgIpc) is 3.46. The molecule has 10 nitrogen and oxygen atoms in total. The van der Waals surface area contributed by atoms with Gasteiger partial charge in [-0.1, -0.05) is 6.07 Å². The van der Waals surface area contributed by atoms with E-state index in [4.69, 9.17) is 9.72 Å². The number of piperidine rings is 1. The Morgan fingerprint density at radius 3 is 2.58 bits per heavy atom. The normalized spacial score (nSPS) is 17.3. The quantitative estimate of drug-likeness (QED) is 0.318. The number of piperazine rings is 1. The Balaban J connectivity index is 1.13. The molecule has 1 N–H and O–H groups in total. The first-order valence-electron chi connectivity index (χ1n) is 15.5. The van der Waals surface area contributed by atoms with Crippen molar-refractivity contribution in [1.82, 2.24) is 29.7 Å². The van der Waals surface area contributed by atoms with E-state index in [1.807, 2.05) is 44.4 Å². The number of carbonyl (C=O) groups is 1. The van der Waals surface area contributed by atoms with E-state index in [9.17, 15) is 14.4 Å². The Morgan fingerprint density at radius 2 is 1.87 bits per heavy atom. The molecule has 3 aromatic heterocycles. The molecule has 11 heteroatoms. The van der Waals surface area contributed by atoms with Crippen LogP contribution < -0.4 is 15.0 Å². The maximum absolute atomic E-state index is 13.8. The van der Waals surface area contributed by atoms with Crippen molar-refractivity contribution < 1.29 is 13.9 Å². The number of aryl methyl sites for hydroxylation is 1. The molecule has 1 aromatic carbocycles. The van der Waals surface area contributed by atoms with Gasteiger partial charge in [-0.2, -0.15) is 10.4 Å². The Labute approximate surface area is 263 Å². The molecule has 0 saturated carbocycles. The van der Waals surface area contributed by atoms with Crippen LogP contribution in [0.5, 0.6) is 5.75 Å². The summed E-state index contributed by atoms with van der Waals surface area (Å²) < 4.78 is 21.7. The van der Waals surface area contributed by atoms with E-state index in [-0.39, 0.29) is 5.91 Å². The molecule has 2 aliphatic heterocycles. The van der Waals surface area contributed by atoms with Crippen molar-refractivity contribution in [2.24, 2.45) is 0 Å². The molecule has 0 unspecified atom stereocenters. The van der Waals surface area contributed by atoms with Crippen molar-refractivity contribution >= 4 is 17.2 Å². The van der Waals surface area contributed by atoms with E-state index in [0.29, 0.717) is 36.6 Å². The van der Waals surface area contributed by atoms with Gasteiger partial charge in [0.2, 0.25) is 0 Å². The zero-order valence-electron chi connectivity index (χ0n) is 26.1. The van der Waals surface area contributed by atoms with Crippen LogP contribution in [0.15, 0.2) is 55.0 Å². The lowest BCUT2D eigenvalue weighted by atomic mass is 9.89. The summed E-state index contributed by atoms with van der Waals surface area (Å²) >= 11 is 0. The van der Waals surface area contributed by atoms with Crippen LogP contribution in [0, 0.1) is 24.1 Å². The molecule has 0 aliphatic carbocycles. The van der Waals surface area contributed by atoms with Crippen LogP contribution in [-0.2, 0) is 0 Å². The number of fused-ring (bicyclic) bond motifs is 1. The van der Waals surface area contributed by atoms with Crippen LogP contribution >= 0.6 is 0 Å². The number of ether oxygens (including phenoxy) is 1. The molecule has 45 heavy (non-hydrogen) atoms. The largest absolute Gasteiger partial charge is 0.491 e. The number of anilines is 1. The molecule has 5 heterocycles. The van der Waals surface area contributed by atoms with E-state index in [1.54, 1.807) is 16.8 Å². The number of nitrogens with zero attached hydrogens (tertiary/aromatic N) is 7. The van der Waals surface area contributed by atoms with Crippen LogP contribution in [0.3, 0.4) is 0 Å². The Bertz CT molecular complexity index is 1710. The number of benzene rings is 1. The maximum atomic E-state index is 13.8. The van der Waals surface area contributed by atoms with Crippen LogP contribution in [-0.4, -0.2) is 95.3 Å². The van der Waals surface area contributed by atoms with E-state index in [1.165, 1.54) is 12.1 Å². The lowest BCUT2D eigenvalue weighted by Crippen LogP contribution is -2.53. The molecule has 0 radical (unpaired) electrons. The summed E-state index contributed by atoms with van der Waals surface area (Å²) in [6, 6.07) is 12.5. The predicted octanol–water partition coefficient (Wildman–Crippen LogP) is 4.13. The molecular weight excluding hydrogens is 571 g/mol. The van der Waals surface area contributed by atoms with Crippen molar-refractivity contribution in [3.63, 3.8) is 0 Å². The third-order valence-electron chi connectivity index (χ3n) is 9.09. The molecule has 4 aromatic rings. The number of aromatic nitrogens is 3. The van der Waals surface area contributed by atoms with Gasteiger partial charge in [0.25, 0.3) is 5.91 Å². The number of rotatable bonds is 8. The van der Waals surface area contributed by atoms with E-state index < -0.39 is 11.4 Å². The fraction of sp³-hybridized carbons (Fsp3) is 0.412. The van der Waals surface area contributed by atoms with Crippen LogP contribution in [0.4, 0.5) is 10.2 Å². The second-order valence-electron chi connectivity index (χ2n) is 12.4. The third-order valence-corrected chi connectivity index (χ3v) is 9.09. The minimum atomic E-state index is -0.418. The Hall–Kier alpha value is -4.53. The van der Waals surface area contributed by atoms with Gasteiger partial charge in [-0.3, -0.25) is 9.69 Å². The zero-order valence-corrected chi connectivity index (χ0v) is 26.1. The first kappa shape index (κ1) is 30.5. The van der Waals surface area contributed by atoms with Gasteiger partial charge in [-0.25, -0.2) is 13.9 Å². The van der Waals surface area contributed by atoms with Crippen LogP contribution in [0.2, 0.25) is 0 Å². The number of nitrogens with one attached hydrogen (secondary N) is 1. The lowest BCUT2D eigenvalue weighted by molar-refractivity contribution is 0.0890. The molecular formula is C34H39FN8O2. The minimum Gasteiger partial charge on any atom is -0.491 e. The molecule has 234 valence electrons. The summed E-state index contributed by atoms with van der Waals surface area (Å²) in [4.78, 5) is 24.7. The molecule has 2 saturated heterocycles. The third kappa shape index (κ3) is 6.77. The summed E-state index contributed by atoms with van der Waals surface area (Å²) in [5.41, 5.74) is 3.62. The number of nitriles is 1. The van der Waals surface area contributed by atoms with Crippen molar-refractivity contribution in [2.45, 2.75) is 32.2 Å². The fourth-order valence-electron chi connectivity index (χ4n) is 6.11. The Morgan fingerprint density at radius 1 is 1.09 bits per heavy atom. The molecule has 6 rings (SSSR count). The van der Waals surface area contributed by atoms with Crippen molar-refractivity contribution in [1.29, 1.82) is 5.26 Å². The summed E-state index contributed by atoms with van der Waals surface area (Å²) in [6.07, 6.45) is 6.69. The zero-order chi connectivity index (χ0) is 31.6. The van der Waals surface area contributed by atoms with Gasteiger partial charge in [0, 0.05) is 74.2 Å². The monoisotopic (exact) mass is 610 g/mol. The van der Waals surface area contributed by atoms with Crippen molar-refractivity contribution in [3.05, 3.63) is 77.5 Å². The number of likely N-dealkylation sites (N-methyl/N-ethyl adjacent to an activating group) is 1. The van der Waals surface area contributed by atoms with Crippen molar-refractivity contribution in [2.75, 3.05) is 64.4 Å². The summed E-state index contributed by atoms with van der Waals surface area (Å²) in [7, 11) is 2.15. The standard InChI is InChI=1S/C34H39FN8O2/c1-24-4-6-27(35)18-29(24)33(44)39-34(2)8-10-42(11-9-34)31-7-5-25(21-37-31)30-19-28(23-43-32(30)26(20-36)22-38-43)45-17-16-41-14-12-40(3)13-15-41/h4-7,18-19,21-23H,8-17H2,1-3H3,(H,39,44). The predicted molar refractivity (Wildman–Crippen MR) is 171 cm³/mol. The summed E-state index contributed by atoms with van der Waals surface area (Å²) in [5.74, 6) is 0.865. The van der Waals surface area contributed by atoms with Crippen LogP contribution in [0.1, 0.15) is 41.3 Å². The molecule has 2 aliphatic rings. The number of amides is 1. The molecule has 0 spiro atoms. The van der Waals surface area contributed by atoms with Gasteiger partial charge >= 0.3 is 0 Å². The Kier molecular flexibility index (Phi) is 8.70. The minimum absolute atomic E-state index is 0.251. The number of hydrogen-bond acceptors (Lipinski definition) is 8. The van der Waals surface area contributed by atoms with Crippen LogP contribution in [0.25, 0.3) is 16.6 Å². The van der Waals surface area contributed by atoms with Gasteiger partial charge in [-0.05, 0) is 69.6 Å². The second-order valence-corrected chi connectivity index (χ2v) is 12.4. The van der Waals surface area contributed by atoms with Crippen molar-refractivity contribution in [3.8, 4) is 22.9 Å². The number of halogens is 1. The first-order chi connectivity index (χ1) is 21.7. The highest BCUT2D eigenvalue weighted by Gasteiger charge is 2.32. The van der Waals surface area contributed by atoms with Gasteiger partial charge in [-0.15, -0.1) is 0 Å². The first-order valence-corrected chi connectivity index (χ1v) is 15.5. The fourth-order valence-corrected chi connectivity index (χ4v) is 6.11. The topological polar surface area (TPSA) is 102 Å². The molecule has 0 atom stereocenters. The van der Waals surface area contributed by atoms with Gasteiger partial charge < -0.3 is 19.9 Å². The number of pyridine rings is 2. The number of hydrogen-bond donors (Lipinski definition) is 1. The molecule has 1 amide bonds. The van der Waals surface area contributed by atoms with E-state index in [0.717, 1.165) is 73.6 Å². The van der Waals surface area contributed by atoms with E-state index in [2.05, 4.69) is 38.2 Å². The highest BCUT2D eigenvalue weighted by Crippen LogP contribution is 2.32. The highest BCUT2D eigenvalue weighted by atomic mass is 19.1. The lowest BCUT2D eigenvalue weighted by Gasteiger charge is -2.40. The highest BCUT2D eigenvalue weighted by molar-refractivity contribution is 5.96. The SMILES string of the molecule is Cc1ccc(F)cc1C(=O)NC1(C)CCN(c2ccc(-c3cc(OCCN4CCN(C)CC4)cn4ncc(C#N)c34)cn2)CC1. The van der Waals surface area contributed by atoms with Gasteiger partial charge in [0.1, 0.15) is 30.1 Å². The summed E-state index contributed by atoms with van der Waals surface area (Å²) in [5, 5.41) is 17.3. The molecule has 0 bridgehead atoms. The number of carbonyl (C=O) groups excluding carboxylic acids is 1. The second kappa shape index (κ2) is 12.8. The average molecular weight is 611 g/mol. The smallest absolute Gasteiger partial charge is 0.252 e. The van der Waals surface area contributed by atoms with Gasteiger partial charge in [0.05, 0.1) is 23.5 Å². The van der Waals surface area contributed by atoms with Gasteiger partial charge in [0.15, 0.2) is 0 Å².